The van der Waals surface area contributed by atoms with Crippen LogP contribution < -0.4 is 5.32 Å². The summed E-state index contributed by atoms with van der Waals surface area (Å²) in [7, 11) is 0. The molecule has 0 unspecified atom stereocenters. The maximum absolute atomic E-state index is 12.5. The Bertz CT molecular complexity index is 892. The highest BCUT2D eigenvalue weighted by atomic mass is 32.1. The third-order valence-electron chi connectivity index (χ3n) is 6.50. The average Bonchev–Trinajstić information content (AvgIpc) is 3.36. The summed E-state index contributed by atoms with van der Waals surface area (Å²) in [5.74, 6) is 0.822. The second-order valence-electron chi connectivity index (χ2n) is 9.03. The van der Waals surface area contributed by atoms with Gasteiger partial charge in [-0.05, 0) is 57.9 Å². The van der Waals surface area contributed by atoms with Gasteiger partial charge in [0.05, 0.1) is 22.1 Å². The molecule has 176 valence electrons. The lowest BCUT2D eigenvalue weighted by Gasteiger charge is -2.32. The zero-order valence-electron chi connectivity index (χ0n) is 18.6. The third kappa shape index (κ3) is 6.78. The molecule has 9 heteroatoms. The molecule has 2 aliphatic rings. The van der Waals surface area contributed by atoms with E-state index in [9.17, 15) is 13.6 Å². The van der Waals surface area contributed by atoms with Crippen molar-refractivity contribution in [1.82, 2.24) is 20.2 Å². The Balaban J connectivity index is 1.14. The van der Waals surface area contributed by atoms with Crippen molar-refractivity contribution in [3.63, 3.8) is 0 Å². The summed E-state index contributed by atoms with van der Waals surface area (Å²) in [6.45, 7) is 4.91. The standard InChI is InChI=1S/C23H32F2N4OS2/c1-15-26-13-18(31-15)12-22(30)27-17-4-2-16(3-5-17)8-10-29-11-9-20-19(14-29)28-23(32-20)7-6-21(24)25/h13,16-17,21H,2-12,14H2,1H3,(H,27,30)/t16-,17-. The van der Waals surface area contributed by atoms with Crippen LogP contribution in [0.4, 0.5) is 8.78 Å². The lowest BCUT2D eigenvalue weighted by atomic mass is 9.84. The first kappa shape index (κ1) is 23.7. The van der Waals surface area contributed by atoms with E-state index in [4.69, 9.17) is 0 Å². The molecule has 32 heavy (non-hydrogen) atoms. The van der Waals surface area contributed by atoms with E-state index in [0.29, 0.717) is 24.8 Å². The van der Waals surface area contributed by atoms with Gasteiger partial charge in [0.2, 0.25) is 12.3 Å². The first-order chi connectivity index (χ1) is 15.4. The van der Waals surface area contributed by atoms with Crippen LogP contribution in [0.15, 0.2) is 6.20 Å². The Morgan fingerprint density at radius 1 is 1.28 bits per heavy atom. The topological polar surface area (TPSA) is 58.1 Å². The minimum absolute atomic E-state index is 0.0931. The van der Waals surface area contributed by atoms with Crippen LogP contribution in [-0.2, 0) is 30.6 Å². The number of carbonyl (C=O) groups is 1. The summed E-state index contributed by atoms with van der Waals surface area (Å²) < 4.78 is 24.9. The van der Waals surface area contributed by atoms with Gasteiger partial charge in [-0.2, -0.15) is 0 Å². The fourth-order valence-corrected chi connectivity index (χ4v) is 6.60. The molecule has 0 radical (unpaired) electrons. The predicted octanol–water partition coefficient (Wildman–Crippen LogP) is 4.77. The van der Waals surface area contributed by atoms with Gasteiger partial charge in [0.15, 0.2) is 0 Å². The Kier molecular flexibility index (Phi) is 8.23. The monoisotopic (exact) mass is 482 g/mol. The van der Waals surface area contributed by atoms with E-state index in [1.165, 1.54) is 11.3 Å². The van der Waals surface area contributed by atoms with Crippen molar-refractivity contribution < 1.29 is 13.6 Å². The molecule has 1 aliphatic heterocycles. The Morgan fingerprint density at radius 2 is 2.09 bits per heavy atom. The number of carbonyl (C=O) groups excluding carboxylic acids is 1. The van der Waals surface area contributed by atoms with E-state index >= 15 is 0 Å². The minimum Gasteiger partial charge on any atom is -0.353 e. The van der Waals surface area contributed by atoms with E-state index in [2.05, 4.69) is 20.2 Å². The molecule has 1 amide bonds. The number of hydrogen-bond acceptors (Lipinski definition) is 6. The summed E-state index contributed by atoms with van der Waals surface area (Å²) in [6.07, 6.45) is 6.89. The van der Waals surface area contributed by atoms with Crippen LogP contribution in [0, 0.1) is 12.8 Å². The number of hydrogen-bond donors (Lipinski definition) is 1. The average molecular weight is 483 g/mol. The highest BCUT2D eigenvalue weighted by Gasteiger charge is 2.25. The molecule has 0 aromatic carbocycles. The van der Waals surface area contributed by atoms with Crippen LogP contribution in [0.25, 0.3) is 0 Å². The van der Waals surface area contributed by atoms with E-state index in [1.54, 1.807) is 28.9 Å². The quantitative estimate of drug-likeness (QED) is 0.559. The zero-order chi connectivity index (χ0) is 22.5. The van der Waals surface area contributed by atoms with Gasteiger partial charge < -0.3 is 5.32 Å². The second-order valence-corrected chi connectivity index (χ2v) is 11.5. The molecule has 2 aromatic heterocycles. The fraction of sp³-hybridized carbons (Fsp3) is 0.696. The molecule has 1 fully saturated rings. The Labute approximate surface area is 196 Å². The number of nitrogens with zero attached hydrogens (tertiary/aromatic N) is 3. The number of nitrogens with one attached hydrogen (secondary N) is 1. The maximum atomic E-state index is 12.5. The third-order valence-corrected chi connectivity index (χ3v) is 8.63. The first-order valence-corrected chi connectivity index (χ1v) is 13.3. The molecule has 1 N–H and O–H groups in total. The number of aromatic nitrogens is 2. The lowest BCUT2D eigenvalue weighted by molar-refractivity contribution is -0.121. The molecule has 0 bridgehead atoms. The summed E-state index contributed by atoms with van der Waals surface area (Å²) in [4.78, 5) is 25.9. The van der Waals surface area contributed by atoms with Crippen LogP contribution in [0.2, 0.25) is 0 Å². The van der Waals surface area contributed by atoms with Crippen molar-refractivity contribution in [1.29, 1.82) is 0 Å². The largest absolute Gasteiger partial charge is 0.353 e. The second kappa shape index (κ2) is 11.1. The van der Waals surface area contributed by atoms with Crippen LogP contribution >= 0.6 is 22.7 Å². The number of alkyl halides is 2. The van der Waals surface area contributed by atoms with E-state index in [0.717, 1.165) is 72.3 Å². The molecular weight excluding hydrogens is 450 g/mol. The molecule has 1 aliphatic carbocycles. The van der Waals surface area contributed by atoms with Gasteiger partial charge in [0.1, 0.15) is 0 Å². The molecule has 1 saturated carbocycles. The number of rotatable bonds is 9. The van der Waals surface area contributed by atoms with Gasteiger partial charge in [-0.1, -0.05) is 0 Å². The molecule has 0 spiro atoms. The molecule has 5 nitrogen and oxygen atoms in total. The number of fused-ring (bicyclic) bond motifs is 1. The van der Waals surface area contributed by atoms with Gasteiger partial charge in [-0.15, -0.1) is 22.7 Å². The van der Waals surface area contributed by atoms with Gasteiger partial charge in [0, 0.05) is 47.9 Å². The molecular formula is C23H32F2N4OS2. The smallest absolute Gasteiger partial charge is 0.239 e. The van der Waals surface area contributed by atoms with Crippen molar-refractivity contribution in [3.8, 4) is 0 Å². The first-order valence-electron chi connectivity index (χ1n) is 11.6. The maximum Gasteiger partial charge on any atom is 0.239 e. The summed E-state index contributed by atoms with van der Waals surface area (Å²) in [5.41, 5.74) is 1.10. The van der Waals surface area contributed by atoms with Crippen LogP contribution in [0.5, 0.6) is 0 Å². The normalized spacial score (nSPS) is 21.6. The molecule has 4 rings (SSSR count). The van der Waals surface area contributed by atoms with Gasteiger partial charge in [0.25, 0.3) is 0 Å². The lowest BCUT2D eigenvalue weighted by Crippen LogP contribution is -2.39. The van der Waals surface area contributed by atoms with Crippen LogP contribution in [-0.4, -0.2) is 46.3 Å². The van der Waals surface area contributed by atoms with Gasteiger partial charge in [-0.3, -0.25) is 9.69 Å². The van der Waals surface area contributed by atoms with E-state index < -0.39 is 6.43 Å². The van der Waals surface area contributed by atoms with Crippen LogP contribution in [0.3, 0.4) is 0 Å². The van der Waals surface area contributed by atoms with Crippen molar-refractivity contribution in [2.24, 2.45) is 5.92 Å². The fourth-order valence-electron chi connectivity index (χ4n) is 4.72. The van der Waals surface area contributed by atoms with Crippen LogP contribution in [0.1, 0.15) is 64.0 Å². The highest BCUT2D eigenvalue weighted by Crippen LogP contribution is 2.30. The van der Waals surface area contributed by atoms with E-state index in [-0.39, 0.29) is 12.3 Å². The van der Waals surface area contributed by atoms with Crippen molar-refractivity contribution in [2.45, 2.75) is 83.7 Å². The predicted molar refractivity (Wildman–Crippen MR) is 124 cm³/mol. The van der Waals surface area contributed by atoms with Crippen molar-refractivity contribution in [2.75, 3.05) is 13.1 Å². The van der Waals surface area contributed by atoms with Gasteiger partial charge >= 0.3 is 0 Å². The summed E-state index contributed by atoms with van der Waals surface area (Å²) in [6, 6.07) is 0.298. The SMILES string of the molecule is Cc1ncc(CC(=O)N[C@H]2CC[C@H](CCN3CCc4sc(CCC(F)F)nc4C3)CC2)s1. The highest BCUT2D eigenvalue weighted by molar-refractivity contribution is 7.12. The Hall–Kier alpha value is -1.45. The number of amides is 1. The van der Waals surface area contributed by atoms with Gasteiger partial charge in [-0.25, -0.2) is 18.7 Å². The number of aryl methyl sites for hydroxylation is 2. The zero-order valence-corrected chi connectivity index (χ0v) is 20.2. The number of halogens is 2. The minimum atomic E-state index is -2.25. The Morgan fingerprint density at radius 3 is 2.81 bits per heavy atom. The number of thiazole rings is 2. The summed E-state index contributed by atoms with van der Waals surface area (Å²) in [5, 5.41) is 5.07. The molecule has 0 saturated heterocycles. The molecule has 3 heterocycles. The van der Waals surface area contributed by atoms with Crippen molar-refractivity contribution in [3.05, 3.63) is 31.7 Å². The molecule has 0 atom stereocenters. The van der Waals surface area contributed by atoms with E-state index in [1.807, 2.05) is 6.92 Å². The summed E-state index contributed by atoms with van der Waals surface area (Å²) >= 11 is 3.21. The molecule has 2 aromatic rings. The van der Waals surface area contributed by atoms with Crippen molar-refractivity contribution >= 4 is 28.6 Å².